The van der Waals surface area contributed by atoms with Gasteiger partial charge < -0.3 is 9.64 Å². The van der Waals surface area contributed by atoms with E-state index in [4.69, 9.17) is 4.74 Å². The number of para-hydroxylation sites is 1. The maximum Gasteiger partial charge on any atom is 0.128 e. The van der Waals surface area contributed by atoms with Crippen molar-refractivity contribution < 1.29 is 4.74 Å². The minimum Gasteiger partial charge on any atom is -0.457 e. The van der Waals surface area contributed by atoms with Crippen LogP contribution in [-0.4, -0.2) is 13.1 Å². The van der Waals surface area contributed by atoms with Crippen LogP contribution < -0.4 is 9.64 Å². The summed E-state index contributed by atoms with van der Waals surface area (Å²) in [6, 6.07) is 14.5. The molecule has 2 aliphatic heterocycles. The summed E-state index contributed by atoms with van der Waals surface area (Å²) in [5.41, 5.74) is 4.45. The summed E-state index contributed by atoms with van der Waals surface area (Å²) in [5.74, 6) is 1.91. The van der Waals surface area contributed by atoms with Crippen molar-refractivity contribution in [2.45, 2.75) is 25.7 Å². The van der Waals surface area contributed by atoms with Crippen LogP contribution in [0.2, 0.25) is 0 Å². The smallest absolute Gasteiger partial charge is 0.128 e. The fraction of sp³-hybridized carbons (Fsp3) is 0.333. The summed E-state index contributed by atoms with van der Waals surface area (Å²) in [6.07, 6.45) is 4.90. The van der Waals surface area contributed by atoms with E-state index in [2.05, 4.69) is 17.0 Å². The Bertz CT molecular complexity index is 590. The van der Waals surface area contributed by atoms with Crippen LogP contribution in [0.25, 0.3) is 0 Å². The Kier molecular flexibility index (Phi) is 2.87. The molecule has 2 aliphatic rings. The molecule has 102 valence electrons. The lowest BCUT2D eigenvalue weighted by Crippen LogP contribution is -2.34. The van der Waals surface area contributed by atoms with Crippen molar-refractivity contribution >= 4 is 5.69 Å². The average molecular weight is 265 g/mol. The molecule has 4 rings (SSSR count). The summed E-state index contributed by atoms with van der Waals surface area (Å²) < 4.78 is 6.03. The molecule has 0 bridgehead atoms. The van der Waals surface area contributed by atoms with Gasteiger partial charge in [-0.15, -0.1) is 0 Å². The Morgan fingerprint density at radius 2 is 1.45 bits per heavy atom. The minimum atomic E-state index is 0.920. The summed E-state index contributed by atoms with van der Waals surface area (Å²) in [6.45, 7) is 2.44. The number of anilines is 1. The van der Waals surface area contributed by atoms with Gasteiger partial charge in [-0.3, -0.25) is 0 Å². The first kappa shape index (κ1) is 11.8. The first-order valence-corrected chi connectivity index (χ1v) is 7.54. The van der Waals surface area contributed by atoms with Gasteiger partial charge in [-0.05, 0) is 61.1 Å². The van der Waals surface area contributed by atoms with Crippen molar-refractivity contribution in [1.82, 2.24) is 0 Å². The van der Waals surface area contributed by atoms with Gasteiger partial charge >= 0.3 is 0 Å². The number of nitrogens with zero attached hydrogens (tertiary/aromatic N) is 1. The third-order valence-corrected chi connectivity index (χ3v) is 4.28. The lowest BCUT2D eigenvalue weighted by molar-refractivity contribution is 0.479. The van der Waals surface area contributed by atoms with Gasteiger partial charge in [0.25, 0.3) is 0 Å². The first-order chi connectivity index (χ1) is 9.90. The van der Waals surface area contributed by atoms with Gasteiger partial charge in [0.1, 0.15) is 11.5 Å². The fourth-order valence-corrected chi connectivity index (χ4v) is 3.46. The van der Waals surface area contributed by atoms with Crippen LogP contribution in [0.4, 0.5) is 5.69 Å². The highest BCUT2D eigenvalue weighted by atomic mass is 16.5. The van der Waals surface area contributed by atoms with Crippen LogP contribution >= 0.6 is 0 Å². The van der Waals surface area contributed by atoms with Crippen LogP contribution in [0.1, 0.15) is 24.0 Å². The molecule has 2 aromatic carbocycles. The average Bonchev–Trinajstić information content (AvgIpc) is 2.49. The third kappa shape index (κ3) is 2.05. The minimum absolute atomic E-state index is 0.920. The molecule has 0 atom stereocenters. The third-order valence-electron chi connectivity index (χ3n) is 4.28. The van der Waals surface area contributed by atoms with Gasteiger partial charge in [0.05, 0.1) is 0 Å². The van der Waals surface area contributed by atoms with E-state index in [-0.39, 0.29) is 0 Å². The Morgan fingerprint density at radius 1 is 0.800 bits per heavy atom. The van der Waals surface area contributed by atoms with Gasteiger partial charge in [-0.2, -0.15) is 0 Å². The van der Waals surface area contributed by atoms with Crippen LogP contribution in [0, 0.1) is 0 Å². The zero-order valence-electron chi connectivity index (χ0n) is 11.6. The Labute approximate surface area is 120 Å². The van der Waals surface area contributed by atoms with Crippen molar-refractivity contribution in [2.24, 2.45) is 0 Å². The molecule has 2 heteroatoms. The summed E-state index contributed by atoms with van der Waals surface area (Å²) in [4.78, 5) is 2.56. The van der Waals surface area contributed by atoms with Crippen molar-refractivity contribution in [3.05, 3.63) is 53.6 Å². The molecule has 0 unspecified atom stereocenters. The van der Waals surface area contributed by atoms with Crippen LogP contribution in [0.5, 0.6) is 11.5 Å². The highest BCUT2D eigenvalue weighted by Crippen LogP contribution is 2.38. The summed E-state index contributed by atoms with van der Waals surface area (Å²) in [5, 5.41) is 0. The molecule has 2 nitrogen and oxygen atoms in total. The van der Waals surface area contributed by atoms with E-state index in [0.29, 0.717) is 0 Å². The molecule has 0 N–H and O–H groups in total. The largest absolute Gasteiger partial charge is 0.457 e. The molecule has 0 aromatic heterocycles. The topological polar surface area (TPSA) is 12.5 Å². The second-order valence-corrected chi connectivity index (χ2v) is 5.70. The zero-order valence-corrected chi connectivity index (χ0v) is 11.6. The van der Waals surface area contributed by atoms with Crippen LogP contribution in [0.3, 0.4) is 0 Å². The summed E-state index contributed by atoms with van der Waals surface area (Å²) >= 11 is 0. The van der Waals surface area contributed by atoms with E-state index in [1.807, 2.05) is 30.3 Å². The predicted octanol–water partition coefficient (Wildman–Crippen LogP) is 4.18. The first-order valence-electron chi connectivity index (χ1n) is 7.54. The molecule has 0 amide bonds. The lowest BCUT2D eigenvalue weighted by Gasteiger charge is -2.37. The molecule has 2 heterocycles. The highest BCUT2D eigenvalue weighted by molar-refractivity contribution is 5.65. The number of benzene rings is 2. The maximum atomic E-state index is 6.03. The zero-order chi connectivity index (χ0) is 13.4. The van der Waals surface area contributed by atoms with Crippen LogP contribution in [0.15, 0.2) is 42.5 Å². The van der Waals surface area contributed by atoms with Crippen molar-refractivity contribution in [3.63, 3.8) is 0 Å². The molecule has 0 spiro atoms. The Hall–Kier alpha value is -1.96. The molecule has 0 fully saturated rings. The van der Waals surface area contributed by atoms with Gasteiger partial charge in [-0.25, -0.2) is 0 Å². The molecule has 20 heavy (non-hydrogen) atoms. The number of rotatable bonds is 2. The van der Waals surface area contributed by atoms with Crippen LogP contribution in [-0.2, 0) is 12.8 Å². The molecular formula is C18H19NO. The van der Waals surface area contributed by atoms with Gasteiger partial charge in [0.2, 0.25) is 0 Å². The van der Waals surface area contributed by atoms with Crippen molar-refractivity contribution in [1.29, 1.82) is 0 Å². The molecule has 0 saturated carbocycles. The summed E-state index contributed by atoms with van der Waals surface area (Å²) in [7, 11) is 0. The van der Waals surface area contributed by atoms with Crippen molar-refractivity contribution in [3.8, 4) is 11.5 Å². The number of hydrogen-bond donors (Lipinski definition) is 0. The van der Waals surface area contributed by atoms with E-state index in [0.717, 1.165) is 11.5 Å². The van der Waals surface area contributed by atoms with E-state index in [1.165, 1.54) is 55.6 Å². The van der Waals surface area contributed by atoms with E-state index < -0.39 is 0 Å². The number of aryl methyl sites for hydroxylation is 2. The standard InChI is InChI=1S/C18H19NO/c1-2-8-16(9-3-1)20-17-12-14-6-4-10-19-11-5-7-15(13-17)18(14)19/h1-3,8-9,12-13H,4-7,10-11H2. The molecule has 0 saturated heterocycles. The van der Waals surface area contributed by atoms with Gasteiger partial charge in [0, 0.05) is 18.8 Å². The quantitative estimate of drug-likeness (QED) is 0.807. The lowest BCUT2D eigenvalue weighted by atomic mass is 9.92. The second kappa shape index (κ2) is 4.86. The Morgan fingerprint density at radius 3 is 2.10 bits per heavy atom. The Balaban J connectivity index is 1.72. The van der Waals surface area contributed by atoms with E-state index in [9.17, 15) is 0 Å². The normalized spacial score (nSPS) is 16.7. The molecular weight excluding hydrogens is 246 g/mol. The predicted molar refractivity (Wildman–Crippen MR) is 81.8 cm³/mol. The molecule has 0 aliphatic carbocycles. The maximum absolute atomic E-state index is 6.03. The van der Waals surface area contributed by atoms with E-state index >= 15 is 0 Å². The van der Waals surface area contributed by atoms with E-state index in [1.54, 1.807) is 0 Å². The van der Waals surface area contributed by atoms with Gasteiger partial charge in [-0.1, -0.05) is 18.2 Å². The highest BCUT2D eigenvalue weighted by Gasteiger charge is 2.24. The van der Waals surface area contributed by atoms with Gasteiger partial charge in [0.15, 0.2) is 0 Å². The number of hydrogen-bond acceptors (Lipinski definition) is 2. The van der Waals surface area contributed by atoms with Crippen molar-refractivity contribution in [2.75, 3.05) is 18.0 Å². The molecule has 0 radical (unpaired) electrons. The monoisotopic (exact) mass is 265 g/mol. The second-order valence-electron chi connectivity index (χ2n) is 5.70. The number of ether oxygens (including phenoxy) is 1. The SMILES string of the molecule is c1ccc(Oc2cc3c4c(c2)CCCN4CCC3)cc1. The fourth-order valence-electron chi connectivity index (χ4n) is 3.46. The molecule has 2 aromatic rings.